The highest BCUT2D eigenvalue weighted by atomic mass is 19.1. The minimum absolute atomic E-state index is 0.0416. The van der Waals surface area contributed by atoms with Gasteiger partial charge in [0.25, 0.3) is 0 Å². The van der Waals surface area contributed by atoms with E-state index >= 15 is 0 Å². The standard InChI is InChI=1S/C23H32F2N4O4/c1-4-18(26)21(22(27)28-9-6-10-29-11-14(2)33-15(3)12-29)23(31)32-13-19(30)20-16(24)7-5-8-17(20)25/h5,7-8,14-15,26,28H,4,6,9-13,27H2,1-3H3/b22-21+,26-18?/t14-,15+. The minimum atomic E-state index is -1.04. The Balaban J connectivity index is 1.95. The summed E-state index contributed by atoms with van der Waals surface area (Å²) in [6.07, 6.45) is 1.27. The summed E-state index contributed by atoms with van der Waals surface area (Å²) >= 11 is 0. The van der Waals surface area contributed by atoms with E-state index in [1.165, 1.54) is 0 Å². The lowest BCUT2D eigenvalue weighted by Crippen LogP contribution is -2.46. The molecule has 0 unspecified atom stereocenters. The lowest BCUT2D eigenvalue weighted by atomic mass is 10.1. The number of ether oxygens (including phenoxy) is 2. The van der Waals surface area contributed by atoms with Gasteiger partial charge in [-0.1, -0.05) is 13.0 Å². The summed E-state index contributed by atoms with van der Waals surface area (Å²) in [6.45, 7) is 7.80. The second kappa shape index (κ2) is 12.4. The highest BCUT2D eigenvalue weighted by Gasteiger charge is 2.24. The van der Waals surface area contributed by atoms with Crippen LogP contribution >= 0.6 is 0 Å². The first-order valence-corrected chi connectivity index (χ1v) is 11.0. The zero-order valence-corrected chi connectivity index (χ0v) is 19.2. The zero-order valence-electron chi connectivity index (χ0n) is 19.2. The molecule has 0 aromatic heterocycles. The van der Waals surface area contributed by atoms with Crippen molar-refractivity contribution in [3.8, 4) is 0 Å². The van der Waals surface area contributed by atoms with Crippen molar-refractivity contribution in [2.24, 2.45) is 5.73 Å². The van der Waals surface area contributed by atoms with Gasteiger partial charge in [-0.2, -0.15) is 0 Å². The molecule has 0 radical (unpaired) electrons. The molecule has 182 valence electrons. The van der Waals surface area contributed by atoms with Crippen LogP contribution in [0.1, 0.15) is 44.0 Å². The maximum atomic E-state index is 13.8. The Bertz CT molecular complexity index is 876. The van der Waals surface area contributed by atoms with Crippen molar-refractivity contribution >= 4 is 17.5 Å². The Morgan fingerprint density at radius 1 is 1.24 bits per heavy atom. The highest BCUT2D eigenvalue weighted by molar-refractivity contribution is 6.19. The first-order chi connectivity index (χ1) is 15.6. The Morgan fingerprint density at radius 3 is 2.42 bits per heavy atom. The van der Waals surface area contributed by atoms with Gasteiger partial charge in [0, 0.05) is 31.9 Å². The average molecular weight is 467 g/mol. The molecule has 0 aliphatic carbocycles. The molecule has 0 spiro atoms. The summed E-state index contributed by atoms with van der Waals surface area (Å²) in [5.74, 6) is -4.16. The molecule has 1 aromatic rings. The number of Topliss-reactive ketones (excluding diaryl/α,β-unsaturated/α-hetero) is 1. The van der Waals surface area contributed by atoms with Crippen LogP contribution in [-0.4, -0.2) is 67.4 Å². The van der Waals surface area contributed by atoms with Crippen LogP contribution in [0.25, 0.3) is 0 Å². The molecule has 33 heavy (non-hydrogen) atoms. The number of hydrogen-bond acceptors (Lipinski definition) is 8. The number of esters is 1. The Hall–Kier alpha value is -2.85. The molecule has 10 heteroatoms. The molecule has 1 fully saturated rings. The first kappa shape index (κ1) is 26.4. The number of carbonyl (C=O) groups excluding carboxylic acids is 2. The molecule has 1 heterocycles. The molecular formula is C23H32F2N4O4. The summed E-state index contributed by atoms with van der Waals surface area (Å²) in [7, 11) is 0. The van der Waals surface area contributed by atoms with Crippen LogP contribution in [-0.2, 0) is 14.3 Å². The predicted octanol–water partition coefficient (Wildman–Crippen LogP) is 2.38. The molecule has 1 saturated heterocycles. The van der Waals surface area contributed by atoms with E-state index < -0.39 is 35.6 Å². The average Bonchev–Trinajstić information content (AvgIpc) is 2.74. The minimum Gasteiger partial charge on any atom is -0.454 e. The van der Waals surface area contributed by atoms with Crippen molar-refractivity contribution in [1.29, 1.82) is 5.41 Å². The third-order valence-electron chi connectivity index (χ3n) is 5.17. The molecule has 1 aliphatic heterocycles. The van der Waals surface area contributed by atoms with Gasteiger partial charge < -0.3 is 25.9 Å². The number of benzene rings is 1. The van der Waals surface area contributed by atoms with E-state index in [2.05, 4.69) is 10.2 Å². The molecular weight excluding hydrogens is 434 g/mol. The monoisotopic (exact) mass is 466 g/mol. The Kier molecular flexibility index (Phi) is 9.93. The molecule has 1 aliphatic rings. The fourth-order valence-corrected chi connectivity index (χ4v) is 3.69. The number of rotatable bonds is 11. The predicted molar refractivity (Wildman–Crippen MR) is 120 cm³/mol. The largest absolute Gasteiger partial charge is 0.454 e. The highest BCUT2D eigenvalue weighted by Crippen LogP contribution is 2.14. The van der Waals surface area contributed by atoms with Gasteiger partial charge in [0.2, 0.25) is 5.78 Å². The molecule has 4 N–H and O–H groups in total. The zero-order chi connectivity index (χ0) is 24.5. The van der Waals surface area contributed by atoms with E-state index in [1.54, 1.807) is 6.92 Å². The lowest BCUT2D eigenvalue weighted by molar-refractivity contribution is -0.137. The molecule has 2 atom stereocenters. The van der Waals surface area contributed by atoms with Gasteiger partial charge in [-0.05, 0) is 38.8 Å². The molecule has 0 bridgehead atoms. The normalized spacial score (nSPS) is 19.5. The van der Waals surface area contributed by atoms with Crippen LogP contribution in [0.15, 0.2) is 29.6 Å². The summed E-state index contributed by atoms with van der Waals surface area (Å²) in [4.78, 5) is 27.0. The Labute approximate surface area is 192 Å². The maximum absolute atomic E-state index is 13.8. The van der Waals surface area contributed by atoms with Crippen LogP contribution in [0.5, 0.6) is 0 Å². The first-order valence-electron chi connectivity index (χ1n) is 11.0. The molecule has 1 aromatic carbocycles. The fraction of sp³-hybridized carbons (Fsp3) is 0.522. The van der Waals surface area contributed by atoms with Crippen molar-refractivity contribution < 1.29 is 27.8 Å². The topological polar surface area (TPSA) is 118 Å². The van der Waals surface area contributed by atoms with Crippen LogP contribution in [0.4, 0.5) is 8.78 Å². The van der Waals surface area contributed by atoms with Gasteiger partial charge in [0.15, 0.2) is 6.61 Å². The lowest BCUT2D eigenvalue weighted by Gasteiger charge is -2.35. The van der Waals surface area contributed by atoms with Crippen LogP contribution in [0.3, 0.4) is 0 Å². The van der Waals surface area contributed by atoms with Crippen molar-refractivity contribution in [2.45, 2.75) is 45.8 Å². The van der Waals surface area contributed by atoms with Gasteiger partial charge in [0.1, 0.15) is 23.0 Å². The van der Waals surface area contributed by atoms with E-state index in [1.807, 2.05) is 13.8 Å². The number of nitrogens with two attached hydrogens (primary N) is 1. The van der Waals surface area contributed by atoms with E-state index in [4.69, 9.17) is 20.6 Å². The van der Waals surface area contributed by atoms with Gasteiger partial charge in [-0.3, -0.25) is 9.69 Å². The van der Waals surface area contributed by atoms with Gasteiger partial charge >= 0.3 is 5.97 Å². The third kappa shape index (κ3) is 7.61. The van der Waals surface area contributed by atoms with E-state index in [-0.39, 0.29) is 35.7 Å². The van der Waals surface area contributed by atoms with Crippen LogP contribution < -0.4 is 11.1 Å². The number of nitrogens with one attached hydrogen (secondary N) is 2. The van der Waals surface area contributed by atoms with Gasteiger partial charge in [-0.25, -0.2) is 13.6 Å². The molecule has 2 rings (SSSR count). The number of nitrogens with zero attached hydrogens (tertiary/aromatic N) is 1. The summed E-state index contributed by atoms with van der Waals surface area (Å²) in [5, 5.41) is 11.0. The van der Waals surface area contributed by atoms with Crippen molar-refractivity contribution in [1.82, 2.24) is 10.2 Å². The number of halogens is 2. The van der Waals surface area contributed by atoms with Crippen molar-refractivity contribution in [2.75, 3.05) is 32.8 Å². The summed E-state index contributed by atoms with van der Waals surface area (Å²) < 4.78 is 38.2. The number of ketones is 1. The number of carbonyl (C=O) groups is 2. The Morgan fingerprint density at radius 2 is 1.85 bits per heavy atom. The van der Waals surface area contributed by atoms with Crippen molar-refractivity contribution in [3.05, 3.63) is 46.8 Å². The fourth-order valence-electron chi connectivity index (χ4n) is 3.69. The molecule has 0 amide bonds. The van der Waals surface area contributed by atoms with E-state index in [0.717, 1.165) is 44.3 Å². The second-order valence-corrected chi connectivity index (χ2v) is 8.01. The molecule has 8 nitrogen and oxygen atoms in total. The van der Waals surface area contributed by atoms with Gasteiger partial charge in [-0.15, -0.1) is 0 Å². The smallest absolute Gasteiger partial charge is 0.344 e. The number of hydrogen-bond donors (Lipinski definition) is 3. The van der Waals surface area contributed by atoms with Gasteiger partial charge in [0.05, 0.1) is 17.8 Å². The second-order valence-electron chi connectivity index (χ2n) is 8.01. The quantitative estimate of drug-likeness (QED) is 0.151. The van der Waals surface area contributed by atoms with E-state index in [9.17, 15) is 18.4 Å². The summed E-state index contributed by atoms with van der Waals surface area (Å²) in [6, 6.07) is 3.01. The maximum Gasteiger partial charge on any atom is 0.344 e. The van der Waals surface area contributed by atoms with Crippen LogP contribution in [0, 0.1) is 17.0 Å². The molecule has 0 saturated carbocycles. The third-order valence-corrected chi connectivity index (χ3v) is 5.17. The van der Waals surface area contributed by atoms with Crippen LogP contribution in [0.2, 0.25) is 0 Å². The van der Waals surface area contributed by atoms with E-state index in [0.29, 0.717) is 6.54 Å². The SMILES string of the molecule is CCC(=N)/C(C(=O)OCC(=O)c1c(F)cccc1F)=C(/N)NCCCN1C[C@@H](C)O[C@@H](C)C1. The van der Waals surface area contributed by atoms with Crippen molar-refractivity contribution in [3.63, 3.8) is 0 Å². The summed E-state index contributed by atoms with van der Waals surface area (Å²) in [5.41, 5.74) is 4.95. The number of morpholine rings is 1.